The van der Waals surface area contributed by atoms with Crippen molar-refractivity contribution in [2.75, 3.05) is 26.4 Å². The summed E-state index contributed by atoms with van der Waals surface area (Å²) in [6.07, 6.45) is 5.58. The minimum Gasteiger partial charge on any atom is -0.396 e. The molecule has 0 amide bonds. The molecule has 0 radical (unpaired) electrons. The zero-order valence-electron chi connectivity index (χ0n) is 19.7. The van der Waals surface area contributed by atoms with Gasteiger partial charge in [0.25, 0.3) is 0 Å². The Balaban J connectivity index is 1.32. The number of ether oxygens (including phenoxy) is 6. The van der Waals surface area contributed by atoms with Gasteiger partial charge in [0, 0.05) is 24.0 Å². The van der Waals surface area contributed by atoms with Crippen molar-refractivity contribution in [1.82, 2.24) is 0 Å². The molecule has 6 rings (SSSR count). The second kappa shape index (κ2) is 8.23. The van der Waals surface area contributed by atoms with E-state index in [9.17, 15) is 10.2 Å². The zero-order chi connectivity index (χ0) is 22.8. The second-order valence-corrected chi connectivity index (χ2v) is 11.0. The van der Waals surface area contributed by atoms with Crippen molar-refractivity contribution in [2.24, 2.45) is 10.8 Å². The van der Waals surface area contributed by atoms with E-state index in [0.29, 0.717) is 26.2 Å². The summed E-state index contributed by atoms with van der Waals surface area (Å²) in [6.45, 7) is 5.85. The molecule has 10 atom stereocenters. The van der Waals surface area contributed by atoms with Crippen LogP contribution in [0.3, 0.4) is 0 Å². The molecule has 0 aromatic carbocycles. The molecular formula is C25H38O8. The van der Waals surface area contributed by atoms with Crippen LogP contribution in [0, 0.1) is 10.8 Å². The summed E-state index contributed by atoms with van der Waals surface area (Å²) in [5, 5.41) is 22.7. The average Bonchev–Trinajstić information content (AvgIpc) is 3.62. The minimum atomic E-state index is -0.855. The smallest absolute Gasteiger partial charge is 0.158 e. The number of epoxide rings is 1. The Labute approximate surface area is 195 Å². The topological polar surface area (TPSA) is 99.1 Å². The van der Waals surface area contributed by atoms with Crippen LogP contribution >= 0.6 is 0 Å². The van der Waals surface area contributed by atoms with Gasteiger partial charge >= 0.3 is 0 Å². The molecule has 4 heterocycles. The van der Waals surface area contributed by atoms with Crippen LogP contribution in [-0.4, -0.2) is 85.3 Å². The Morgan fingerprint density at radius 3 is 2.30 bits per heavy atom. The van der Waals surface area contributed by atoms with Crippen LogP contribution in [-0.2, 0) is 28.4 Å². The Bertz CT molecular complexity index is 770. The fourth-order valence-electron chi connectivity index (χ4n) is 7.31. The van der Waals surface area contributed by atoms with Gasteiger partial charge in [-0.2, -0.15) is 0 Å². The van der Waals surface area contributed by atoms with Crippen LogP contribution in [0.4, 0.5) is 0 Å². The molecule has 2 aliphatic carbocycles. The summed E-state index contributed by atoms with van der Waals surface area (Å²) in [5.74, 6) is 0. The maximum atomic E-state index is 11.8. The lowest BCUT2D eigenvalue weighted by molar-refractivity contribution is -0.253. The minimum absolute atomic E-state index is 0.134. The van der Waals surface area contributed by atoms with Crippen LogP contribution in [0.1, 0.15) is 58.8 Å². The fraction of sp³-hybridized carbons (Fsp3) is 0.920. The molecule has 10 unspecified atom stereocenters. The van der Waals surface area contributed by atoms with Crippen molar-refractivity contribution in [1.29, 1.82) is 0 Å². The van der Waals surface area contributed by atoms with Crippen LogP contribution < -0.4 is 0 Å². The van der Waals surface area contributed by atoms with Crippen molar-refractivity contribution in [3.05, 3.63) is 11.6 Å². The molecule has 4 aliphatic heterocycles. The molecule has 8 heteroatoms. The van der Waals surface area contributed by atoms with E-state index in [0.717, 1.165) is 44.1 Å². The van der Waals surface area contributed by atoms with E-state index in [4.69, 9.17) is 28.4 Å². The SMILES string of the molecule is CC1=CC2OC3C(OC4CCCCO4)C(O)C(C)(C2(CO)CC1OC1CCCCO1)C31CO1. The predicted molar refractivity (Wildman–Crippen MR) is 116 cm³/mol. The van der Waals surface area contributed by atoms with Crippen molar-refractivity contribution in [2.45, 2.75) is 107 Å². The highest BCUT2D eigenvalue weighted by atomic mass is 16.7. The average molecular weight is 467 g/mol. The molecule has 6 aliphatic rings. The molecule has 1 saturated carbocycles. The molecule has 2 N–H and O–H groups in total. The van der Waals surface area contributed by atoms with Crippen LogP contribution in [0.5, 0.6) is 0 Å². The van der Waals surface area contributed by atoms with Crippen molar-refractivity contribution in [3.63, 3.8) is 0 Å². The highest BCUT2D eigenvalue weighted by Gasteiger charge is 2.85. The third-order valence-electron chi connectivity index (χ3n) is 9.52. The van der Waals surface area contributed by atoms with Crippen LogP contribution in [0.25, 0.3) is 0 Å². The quantitative estimate of drug-likeness (QED) is 0.469. The Kier molecular flexibility index (Phi) is 5.70. The van der Waals surface area contributed by atoms with Crippen molar-refractivity contribution >= 4 is 0 Å². The summed E-state index contributed by atoms with van der Waals surface area (Å²) in [7, 11) is 0. The van der Waals surface area contributed by atoms with Crippen LogP contribution in [0.2, 0.25) is 0 Å². The van der Waals surface area contributed by atoms with E-state index in [1.54, 1.807) is 0 Å². The molecule has 5 fully saturated rings. The molecule has 8 nitrogen and oxygen atoms in total. The molecule has 4 saturated heterocycles. The highest BCUT2D eigenvalue weighted by Crippen LogP contribution is 2.71. The van der Waals surface area contributed by atoms with Gasteiger partial charge in [0.05, 0.1) is 31.5 Å². The van der Waals surface area contributed by atoms with E-state index in [1.807, 2.05) is 0 Å². The number of fused-ring (bicyclic) bond motifs is 2. The van der Waals surface area contributed by atoms with Gasteiger partial charge in [-0.25, -0.2) is 0 Å². The van der Waals surface area contributed by atoms with Gasteiger partial charge in [0.2, 0.25) is 0 Å². The van der Waals surface area contributed by atoms with Gasteiger partial charge in [-0.3, -0.25) is 0 Å². The number of aliphatic hydroxyl groups is 2. The van der Waals surface area contributed by atoms with E-state index in [1.165, 1.54) is 0 Å². The van der Waals surface area contributed by atoms with E-state index in [-0.39, 0.29) is 31.4 Å². The lowest BCUT2D eigenvalue weighted by atomic mass is 9.51. The number of rotatable bonds is 5. The van der Waals surface area contributed by atoms with Gasteiger partial charge in [0.15, 0.2) is 12.6 Å². The predicted octanol–water partition coefficient (Wildman–Crippen LogP) is 2.06. The Hall–Kier alpha value is -0.580. The maximum absolute atomic E-state index is 11.8. The first-order valence-corrected chi connectivity index (χ1v) is 12.8. The fourth-order valence-corrected chi connectivity index (χ4v) is 7.31. The lowest BCUT2D eigenvalue weighted by Gasteiger charge is -2.58. The molecule has 33 heavy (non-hydrogen) atoms. The second-order valence-electron chi connectivity index (χ2n) is 11.0. The molecule has 1 spiro atoms. The standard InChI is InChI=1S/C25H38O8/c1-15-11-17-24(13-26,12-16(15)31-18-7-3-5-9-28-18)23(2)21(27)20(22(32-17)25(23)14-30-25)33-19-8-4-6-10-29-19/h11,16-22,26-27H,3-10,12-14H2,1-2H3. The van der Waals surface area contributed by atoms with Crippen LogP contribution in [0.15, 0.2) is 11.6 Å². The molecular weight excluding hydrogens is 428 g/mol. The van der Waals surface area contributed by atoms with Gasteiger partial charge in [-0.15, -0.1) is 0 Å². The zero-order valence-corrected chi connectivity index (χ0v) is 19.7. The van der Waals surface area contributed by atoms with Crippen molar-refractivity contribution in [3.8, 4) is 0 Å². The first kappa shape index (κ1) is 22.9. The van der Waals surface area contributed by atoms with Crippen molar-refractivity contribution < 1.29 is 38.6 Å². The van der Waals surface area contributed by atoms with E-state index < -0.39 is 34.7 Å². The molecule has 0 aromatic heterocycles. The first-order valence-electron chi connectivity index (χ1n) is 12.8. The highest BCUT2D eigenvalue weighted by molar-refractivity contribution is 5.36. The van der Waals surface area contributed by atoms with Gasteiger partial charge in [-0.1, -0.05) is 13.0 Å². The summed E-state index contributed by atoms with van der Waals surface area (Å²) < 4.78 is 37.2. The Morgan fingerprint density at radius 1 is 1.06 bits per heavy atom. The molecule has 0 aromatic rings. The van der Waals surface area contributed by atoms with Gasteiger partial charge in [0.1, 0.15) is 17.8 Å². The number of hydrogen-bond donors (Lipinski definition) is 2. The number of hydrogen-bond acceptors (Lipinski definition) is 8. The van der Waals surface area contributed by atoms with Gasteiger partial charge < -0.3 is 38.6 Å². The molecule has 186 valence electrons. The lowest BCUT2D eigenvalue weighted by Crippen LogP contribution is -2.67. The summed E-state index contributed by atoms with van der Waals surface area (Å²) in [5.41, 5.74) is -1.11. The van der Waals surface area contributed by atoms with E-state index >= 15 is 0 Å². The Morgan fingerprint density at radius 2 is 1.73 bits per heavy atom. The summed E-state index contributed by atoms with van der Waals surface area (Å²) >= 11 is 0. The largest absolute Gasteiger partial charge is 0.396 e. The third-order valence-corrected chi connectivity index (χ3v) is 9.52. The third kappa shape index (κ3) is 3.18. The first-order chi connectivity index (χ1) is 15.9. The monoisotopic (exact) mass is 466 g/mol. The maximum Gasteiger partial charge on any atom is 0.158 e. The van der Waals surface area contributed by atoms with Gasteiger partial charge in [-0.05, 0) is 57.4 Å². The molecule has 2 bridgehead atoms. The van der Waals surface area contributed by atoms with E-state index in [2.05, 4.69) is 19.9 Å². The summed E-state index contributed by atoms with van der Waals surface area (Å²) in [4.78, 5) is 0. The normalized spacial score (nSPS) is 53.6. The summed E-state index contributed by atoms with van der Waals surface area (Å²) in [6, 6.07) is 0. The number of aliphatic hydroxyl groups excluding tert-OH is 2.